The first-order valence-electron chi connectivity index (χ1n) is 11.0. The summed E-state index contributed by atoms with van der Waals surface area (Å²) in [6.07, 6.45) is 8.00. The summed E-state index contributed by atoms with van der Waals surface area (Å²) in [7, 11) is 0. The molecule has 1 fully saturated rings. The number of fused-ring (bicyclic) bond motifs is 2. The van der Waals surface area contributed by atoms with Crippen molar-refractivity contribution in [1.29, 1.82) is 0 Å². The highest BCUT2D eigenvalue weighted by molar-refractivity contribution is 5.75. The maximum absolute atomic E-state index is 14.6. The smallest absolute Gasteiger partial charge is 0.155 e. The van der Waals surface area contributed by atoms with E-state index in [0.717, 1.165) is 60.8 Å². The van der Waals surface area contributed by atoms with Crippen molar-refractivity contribution in [2.45, 2.75) is 32.2 Å². The molecule has 6 rings (SSSR count). The molecule has 1 aliphatic carbocycles. The van der Waals surface area contributed by atoms with Crippen LogP contribution in [0.15, 0.2) is 48.9 Å². The molecule has 8 heteroatoms. The molecule has 0 saturated carbocycles. The van der Waals surface area contributed by atoms with Crippen molar-refractivity contribution < 1.29 is 4.39 Å². The number of nitrogens with two attached hydrogens (primary N) is 1. The minimum absolute atomic E-state index is 0.00112. The molecule has 1 spiro atoms. The fourth-order valence-corrected chi connectivity index (χ4v) is 5.43. The average molecular weight is 430 g/mol. The molecule has 7 nitrogen and oxygen atoms in total. The molecule has 0 amide bonds. The third kappa shape index (κ3) is 2.75. The monoisotopic (exact) mass is 429 g/mol. The summed E-state index contributed by atoms with van der Waals surface area (Å²) in [6, 6.07) is 8.62. The van der Waals surface area contributed by atoms with Gasteiger partial charge in [0.05, 0.1) is 35.0 Å². The van der Waals surface area contributed by atoms with Gasteiger partial charge in [0, 0.05) is 36.5 Å². The molecule has 2 aliphatic rings. The molecule has 0 unspecified atom stereocenters. The number of anilines is 1. The third-order valence-electron chi connectivity index (χ3n) is 7.17. The van der Waals surface area contributed by atoms with Gasteiger partial charge in [0.2, 0.25) is 0 Å². The molecule has 32 heavy (non-hydrogen) atoms. The maximum atomic E-state index is 14.6. The number of benzene rings is 1. The molecule has 4 heterocycles. The highest BCUT2D eigenvalue weighted by atomic mass is 19.1. The van der Waals surface area contributed by atoms with E-state index in [1.165, 1.54) is 6.07 Å². The Bertz CT molecular complexity index is 1320. The zero-order chi connectivity index (χ0) is 21.9. The zero-order valence-corrected chi connectivity index (χ0v) is 17.9. The van der Waals surface area contributed by atoms with Gasteiger partial charge in [-0.3, -0.25) is 9.97 Å². The minimum atomic E-state index is -0.279. The second kappa shape index (κ2) is 7.06. The topological polar surface area (TPSA) is 85.2 Å². The predicted octanol–water partition coefficient (Wildman–Crippen LogP) is 3.48. The van der Waals surface area contributed by atoms with Crippen LogP contribution >= 0.6 is 0 Å². The number of rotatable bonds is 2. The van der Waals surface area contributed by atoms with Crippen LogP contribution in [0.1, 0.15) is 36.0 Å². The van der Waals surface area contributed by atoms with E-state index in [0.29, 0.717) is 11.3 Å². The molecular weight excluding hydrogens is 405 g/mol. The molecule has 0 bridgehead atoms. The SMILES string of the molecule is Cc1nc(N2CCC3(CC2)Cc2nccnc2[C@H]3N)c2ccnn2c1-c1ccccc1F. The quantitative estimate of drug-likeness (QED) is 0.525. The highest BCUT2D eigenvalue weighted by Gasteiger charge is 2.47. The number of aromatic nitrogens is 5. The summed E-state index contributed by atoms with van der Waals surface area (Å²) in [4.78, 5) is 16.3. The van der Waals surface area contributed by atoms with E-state index in [4.69, 9.17) is 10.7 Å². The standard InChI is InChI=1S/C24H24FN7/c1-15-21(16-4-2-3-5-17(16)25)32-19(6-9-29-32)23(30-15)31-12-7-24(8-13-31)14-18-20(22(24)26)28-11-10-27-18/h2-6,9-11,22H,7-8,12-14,26H2,1H3/t22-/m1/s1. The van der Waals surface area contributed by atoms with Gasteiger partial charge in [-0.2, -0.15) is 5.10 Å². The first-order valence-corrected chi connectivity index (χ1v) is 11.0. The van der Waals surface area contributed by atoms with Gasteiger partial charge in [0.15, 0.2) is 5.82 Å². The number of halogens is 1. The van der Waals surface area contributed by atoms with Crippen LogP contribution in [-0.2, 0) is 6.42 Å². The Morgan fingerprint density at radius 3 is 2.62 bits per heavy atom. The fourth-order valence-electron chi connectivity index (χ4n) is 5.43. The van der Waals surface area contributed by atoms with Gasteiger partial charge in [-0.25, -0.2) is 13.9 Å². The summed E-state index contributed by atoms with van der Waals surface area (Å²) in [5, 5.41) is 4.51. The molecule has 162 valence electrons. The van der Waals surface area contributed by atoms with Crippen LogP contribution in [0, 0.1) is 18.2 Å². The largest absolute Gasteiger partial charge is 0.355 e. The third-order valence-corrected chi connectivity index (χ3v) is 7.17. The molecule has 1 aromatic carbocycles. The van der Waals surface area contributed by atoms with Crippen LogP contribution in [-0.4, -0.2) is 37.7 Å². The maximum Gasteiger partial charge on any atom is 0.155 e. The lowest BCUT2D eigenvalue weighted by atomic mass is 9.73. The van der Waals surface area contributed by atoms with Crippen molar-refractivity contribution in [3.8, 4) is 11.3 Å². The van der Waals surface area contributed by atoms with Crippen molar-refractivity contribution >= 4 is 11.3 Å². The first-order chi connectivity index (χ1) is 15.6. The lowest BCUT2D eigenvalue weighted by Gasteiger charge is -2.42. The van der Waals surface area contributed by atoms with Gasteiger partial charge < -0.3 is 10.6 Å². The Balaban J connectivity index is 1.34. The van der Waals surface area contributed by atoms with Gasteiger partial charge in [-0.1, -0.05) is 12.1 Å². The van der Waals surface area contributed by atoms with E-state index in [9.17, 15) is 4.39 Å². The lowest BCUT2D eigenvalue weighted by molar-refractivity contribution is 0.185. The van der Waals surface area contributed by atoms with E-state index in [1.807, 2.05) is 23.6 Å². The normalized spacial score (nSPS) is 19.6. The van der Waals surface area contributed by atoms with Crippen molar-refractivity contribution in [2.75, 3.05) is 18.0 Å². The van der Waals surface area contributed by atoms with E-state index in [1.54, 1.807) is 30.7 Å². The Morgan fingerprint density at radius 1 is 1.06 bits per heavy atom. The Morgan fingerprint density at radius 2 is 1.84 bits per heavy atom. The van der Waals surface area contributed by atoms with E-state index in [-0.39, 0.29) is 17.3 Å². The van der Waals surface area contributed by atoms with Gasteiger partial charge in [-0.15, -0.1) is 0 Å². The summed E-state index contributed by atoms with van der Waals surface area (Å²) in [5.41, 5.74) is 11.5. The lowest BCUT2D eigenvalue weighted by Crippen LogP contribution is -2.45. The Hall–Kier alpha value is -3.39. The number of hydrogen-bond donors (Lipinski definition) is 1. The Labute approximate surface area is 185 Å². The number of piperidine rings is 1. The van der Waals surface area contributed by atoms with Crippen molar-refractivity contribution in [3.63, 3.8) is 0 Å². The molecule has 1 saturated heterocycles. The Kier molecular flexibility index (Phi) is 4.26. The first kappa shape index (κ1) is 19.3. The van der Waals surface area contributed by atoms with Crippen LogP contribution in [0.3, 0.4) is 0 Å². The van der Waals surface area contributed by atoms with Crippen molar-refractivity contribution in [3.05, 3.63) is 71.8 Å². The van der Waals surface area contributed by atoms with E-state index >= 15 is 0 Å². The molecule has 2 N–H and O–H groups in total. The summed E-state index contributed by atoms with van der Waals surface area (Å²) >= 11 is 0. The number of hydrogen-bond acceptors (Lipinski definition) is 6. The van der Waals surface area contributed by atoms with Crippen molar-refractivity contribution in [2.24, 2.45) is 11.1 Å². The minimum Gasteiger partial charge on any atom is -0.355 e. The van der Waals surface area contributed by atoms with Gasteiger partial charge in [0.25, 0.3) is 0 Å². The van der Waals surface area contributed by atoms with Crippen molar-refractivity contribution in [1.82, 2.24) is 24.6 Å². The molecular formula is C24H24FN7. The van der Waals surface area contributed by atoms with Gasteiger partial charge in [-0.05, 0) is 44.4 Å². The van der Waals surface area contributed by atoms with E-state index < -0.39 is 0 Å². The number of aryl methyl sites for hydroxylation is 1. The van der Waals surface area contributed by atoms with Crippen LogP contribution in [0.5, 0.6) is 0 Å². The molecule has 0 radical (unpaired) electrons. The zero-order valence-electron chi connectivity index (χ0n) is 17.9. The van der Waals surface area contributed by atoms with Crippen LogP contribution in [0.2, 0.25) is 0 Å². The second-order valence-corrected chi connectivity index (χ2v) is 8.87. The summed E-state index contributed by atoms with van der Waals surface area (Å²) in [6.45, 7) is 3.60. The second-order valence-electron chi connectivity index (χ2n) is 8.87. The summed E-state index contributed by atoms with van der Waals surface area (Å²) < 4.78 is 16.4. The predicted molar refractivity (Wildman–Crippen MR) is 120 cm³/mol. The molecule has 4 aromatic rings. The highest BCUT2D eigenvalue weighted by Crippen LogP contribution is 2.50. The van der Waals surface area contributed by atoms with Crippen LogP contribution in [0.25, 0.3) is 16.8 Å². The molecule has 1 atom stereocenters. The van der Waals surface area contributed by atoms with E-state index in [2.05, 4.69) is 20.0 Å². The number of nitrogens with zero attached hydrogens (tertiary/aromatic N) is 6. The summed E-state index contributed by atoms with van der Waals surface area (Å²) in [5.74, 6) is 0.606. The van der Waals surface area contributed by atoms with Gasteiger partial charge >= 0.3 is 0 Å². The molecule has 1 aliphatic heterocycles. The van der Waals surface area contributed by atoms with Crippen LogP contribution in [0.4, 0.5) is 10.2 Å². The van der Waals surface area contributed by atoms with Crippen LogP contribution < -0.4 is 10.6 Å². The fraction of sp³-hybridized carbons (Fsp3) is 0.333. The molecule has 3 aromatic heterocycles. The average Bonchev–Trinajstić information content (AvgIpc) is 3.39. The van der Waals surface area contributed by atoms with Gasteiger partial charge in [0.1, 0.15) is 11.3 Å².